The number of aliphatic hydroxyl groups excluding tert-OH is 1. The molecule has 5 atom stereocenters. The van der Waals surface area contributed by atoms with E-state index in [-0.39, 0.29) is 12.0 Å². The lowest BCUT2D eigenvalue weighted by molar-refractivity contribution is -0.122. The van der Waals surface area contributed by atoms with Gasteiger partial charge in [0.2, 0.25) is 0 Å². The molecular formula is C27H42O2. The monoisotopic (exact) mass is 398 g/mol. The SMILES string of the molecule is C=C1CC[C@H](O)CC1=CC=C1CCC[C@@]2(C)C1CC[C@@H]2[C@H](C)CCC(=O)C(C)C. The highest BCUT2D eigenvalue weighted by Gasteiger charge is 2.50. The van der Waals surface area contributed by atoms with Crippen molar-refractivity contribution >= 4 is 5.78 Å². The third-order valence-corrected chi connectivity index (χ3v) is 8.40. The largest absolute Gasteiger partial charge is 0.393 e. The van der Waals surface area contributed by atoms with Gasteiger partial charge in [0, 0.05) is 12.3 Å². The third-order valence-electron chi connectivity index (χ3n) is 8.40. The first-order chi connectivity index (χ1) is 13.7. The number of carbonyl (C=O) groups excluding carboxylic acids is 1. The second kappa shape index (κ2) is 9.33. The van der Waals surface area contributed by atoms with Crippen molar-refractivity contribution in [1.82, 2.24) is 0 Å². The summed E-state index contributed by atoms with van der Waals surface area (Å²) in [6.07, 6.45) is 15.2. The summed E-state index contributed by atoms with van der Waals surface area (Å²) in [5.41, 5.74) is 4.45. The van der Waals surface area contributed by atoms with Crippen LogP contribution in [0.5, 0.6) is 0 Å². The van der Waals surface area contributed by atoms with Crippen molar-refractivity contribution in [3.05, 3.63) is 35.5 Å². The molecule has 0 bridgehead atoms. The van der Waals surface area contributed by atoms with E-state index in [1.54, 1.807) is 5.57 Å². The number of allylic oxidation sites excluding steroid dienone is 4. The van der Waals surface area contributed by atoms with E-state index in [2.05, 4.69) is 32.6 Å². The van der Waals surface area contributed by atoms with Crippen LogP contribution in [-0.4, -0.2) is 17.0 Å². The Labute approximate surface area is 178 Å². The van der Waals surface area contributed by atoms with Crippen LogP contribution in [0.15, 0.2) is 35.5 Å². The van der Waals surface area contributed by atoms with Gasteiger partial charge in [-0.25, -0.2) is 0 Å². The quantitative estimate of drug-likeness (QED) is 0.534. The van der Waals surface area contributed by atoms with Gasteiger partial charge < -0.3 is 5.11 Å². The average Bonchev–Trinajstić information content (AvgIpc) is 3.04. The van der Waals surface area contributed by atoms with Crippen molar-refractivity contribution < 1.29 is 9.90 Å². The molecule has 3 aliphatic rings. The molecule has 1 unspecified atom stereocenters. The smallest absolute Gasteiger partial charge is 0.135 e. The zero-order valence-corrected chi connectivity index (χ0v) is 19.2. The fourth-order valence-corrected chi connectivity index (χ4v) is 6.47. The number of hydrogen-bond donors (Lipinski definition) is 1. The molecule has 0 saturated heterocycles. The number of hydrogen-bond acceptors (Lipinski definition) is 2. The number of Topliss-reactive ketones (excluding diaryl/α,β-unsaturated/α-hetero) is 1. The minimum Gasteiger partial charge on any atom is -0.393 e. The lowest BCUT2D eigenvalue weighted by Gasteiger charge is -2.44. The van der Waals surface area contributed by atoms with Gasteiger partial charge in [-0.3, -0.25) is 4.79 Å². The maximum atomic E-state index is 12.1. The van der Waals surface area contributed by atoms with E-state index in [9.17, 15) is 9.90 Å². The Bertz CT molecular complexity index is 683. The molecule has 162 valence electrons. The average molecular weight is 399 g/mol. The minimum atomic E-state index is -0.202. The molecule has 0 spiro atoms. The molecule has 0 heterocycles. The molecule has 3 aliphatic carbocycles. The van der Waals surface area contributed by atoms with E-state index in [1.807, 2.05) is 13.8 Å². The fourth-order valence-electron chi connectivity index (χ4n) is 6.47. The lowest BCUT2D eigenvalue weighted by atomic mass is 9.60. The van der Waals surface area contributed by atoms with Gasteiger partial charge in [0.05, 0.1) is 6.10 Å². The molecule has 3 rings (SSSR count). The van der Waals surface area contributed by atoms with Gasteiger partial charge in [-0.1, -0.05) is 57.6 Å². The molecule has 2 heteroatoms. The summed E-state index contributed by atoms with van der Waals surface area (Å²) in [7, 11) is 0. The molecule has 3 saturated carbocycles. The summed E-state index contributed by atoms with van der Waals surface area (Å²) in [6.45, 7) is 13.2. The van der Waals surface area contributed by atoms with Gasteiger partial charge in [-0.2, -0.15) is 0 Å². The Morgan fingerprint density at radius 3 is 2.69 bits per heavy atom. The number of fused-ring (bicyclic) bond motifs is 1. The Balaban J connectivity index is 1.71. The van der Waals surface area contributed by atoms with Crippen LogP contribution in [-0.2, 0) is 4.79 Å². The normalized spacial score (nSPS) is 36.6. The van der Waals surface area contributed by atoms with Crippen LogP contribution in [0.3, 0.4) is 0 Å². The number of rotatable bonds is 6. The van der Waals surface area contributed by atoms with E-state index in [0.29, 0.717) is 23.0 Å². The molecular weight excluding hydrogens is 356 g/mol. The van der Waals surface area contributed by atoms with Gasteiger partial charge in [0.25, 0.3) is 0 Å². The van der Waals surface area contributed by atoms with Crippen LogP contribution in [0.1, 0.15) is 91.9 Å². The Kier molecular flexibility index (Phi) is 7.25. The first-order valence-corrected chi connectivity index (χ1v) is 12.0. The highest BCUT2D eigenvalue weighted by molar-refractivity contribution is 5.80. The van der Waals surface area contributed by atoms with Crippen LogP contribution in [0.2, 0.25) is 0 Å². The van der Waals surface area contributed by atoms with Crippen LogP contribution >= 0.6 is 0 Å². The third kappa shape index (κ3) is 4.95. The van der Waals surface area contributed by atoms with Crippen molar-refractivity contribution in [2.75, 3.05) is 0 Å². The van der Waals surface area contributed by atoms with Crippen molar-refractivity contribution in [3.8, 4) is 0 Å². The van der Waals surface area contributed by atoms with Crippen molar-refractivity contribution in [3.63, 3.8) is 0 Å². The van der Waals surface area contributed by atoms with Gasteiger partial charge in [0.1, 0.15) is 5.78 Å². The summed E-state index contributed by atoms with van der Waals surface area (Å²) in [6, 6.07) is 0. The predicted molar refractivity (Wildman–Crippen MR) is 122 cm³/mol. The molecule has 0 aromatic heterocycles. The summed E-state index contributed by atoms with van der Waals surface area (Å²) < 4.78 is 0. The van der Waals surface area contributed by atoms with E-state index < -0.39 is 0 Å². The molecule has 3 fully saturated rings. The van der Waals surface area contributed by atoms with Crippen LogP contribution in [0.4, 0.5) is 0 Å². The zero-order chi connectivity index (χ0) is 21.2. The van der Waals surface area contributed by atoms with Crippen molar-refractivity contribution in [2.24, 2.45) is 29.1 Å². The van der Waals surface area contributed by atoms with Gasteiger partial charge in [-0.15, -0.1) is 0 Å². The molecule has 0 aliphatic heterocycles. The topological polar surface area (TPSA) is 37.3 Å². The molecule has 29 heavy (non-hydrogen) atoms. The standard InChI is InChI=1S/C27H42O2/c1-18(2)26(29)15-9-20(4)24-13-14-25-21(7-6-16-27(24,25)5)10-11-22-17-23(28)12-8-19(22)3/h10-11,18,20,23-25,28H,3,6-9,12-17H2,1-2,4-5H3/t20-,23+,24-,25?,27-/m1/s1. The molecule has 2 nitrogen and oxygen atoms in total. The van der Waals surface area contributed by atoms with Gasteiger partial charge in [-0.05, 0) is 86.5 Å². The summed E-state index contributed by atoms with van der Waals surface area (Å²) in [5, 5.41) is 10.0. The Morgan fingerprint density at radius 2 is 1.97 bits per heavy atom. The van der Waals surface area contributed by atoms with E-state index in [1.165, 1.54) is 43.3 Å². The van der Waals surface area contributed by atoms with Crippen molar-refractivity contribution in [1.29, 1.82) is 0 Å². The van der Waals surface area contributed by atoms with Crippen LogP contribution in [0.25, 0.3) is 0 Å². The zero-order valence-electron chi connectivity index (χ0n) is 19.2. The highest BCUT2D eigenvalue weighted by atomic mass is 16.3. The van der Waals surface area contributed by atoms with E-state index >= 15 is 0 Å². The second-order valence-corrected chi connectivity index (χ2v) is 10.7. The molecule has 0 amide bonds. The minimum absolute atomic E-state index is 0.166. The van der Waals surface area contributed by atoms with Crippen LogP contribution in [0, 0.1) is 29.1 Å². The first-order valence-electron chi connectivity index (χ1n) is 12.0. The maximum absolute atomic E-state index is 12.1. The Hall–Kier alpha value is -1.15. The summed E-state index contributed by atoms with van der Waals surface area (Å²) in [5.74, 6) is 2.62. The van der Waals surface area contributed by atoms with E-state index in [0.717, 1.165) is 38.0 Å². The maximum Gasteiger partial charge on any atom is 0.135 e. The van der Waals surface area contributed by atoms with Crippen molar-refractivity contribution in [2.45, 2.75) is 98.0 Å². The van der Waals surface area contributed by atoms with Crippen LogP contribution < -0.4 is 0 Å². The molecule has 0 aromatic carbocycles. The lowest BCUT2D eigenvalue weighted by Crippen LogP contribution is -2.36. The number of carbonyl (C=O) groups is 1. The second-order valence-electron chi connectivity index (χ2n) is 10.7. The molecule has 1 N–H and O–H groups in total. The highest BCUT2D eigenvalue weighted by Crippen LogP contribution is 2.59. The van der Waals surface area contributed by atoms with Gasteiger partial charge >= 0.3 is 0 Å². The summed E-state index contributed by atoms with van der Waals surface area (Å²) in [4.78, 5) is 12.1. The predicted octanol–water partition coefficient (Wildman–Crippen LogP) is 6.80. The van der Waals surface area contributed by atoms with E-state index in [4.69, 9.17) is 0 Å². The fraction of sp³-hybridized carbons (Fsp3) is 0.741. The first kappa shape index (κ1) is 22.5. The molecule has 0 radical (unpaired) electrons. The Morgan fingerprint density at radius 1 is 1.21 bits per heavy atom. The molecule has 0 aromatic rings. The number of aliphatic hydroxyl groups is 1. The van der Waals surface area contributed by atoms with Gasteiger partial charge in [0.15, 0.2) is 0 Å². The summed E-state index contributed by atoms with van der Waals surface area (Å²) >= 11 is 0. The number of ketones is 1.